The van der Waals surface area contributed by atoms with E-state index in [1.54, 1.807) is 21.1 Å². The highest BCUT2D eigenvalue weighted by Gasteiger charge is 2.18. The number of benzene rings is 1. The number of hydrogen-bond donors (Lipinski definition) is 0. The Morgan fingerprint density at radius 1 is 1.35 bits per heavy atom. The zero-order valence-electron chi connectivity index (χ0n) is 11.1. The number of carbonyl (C=O) groups is 1. The zero-order valence-corrected chi connectivity index (χ0v) is 11.9. The topological polar surface area (TPSA) is 50.5 Å². The zero-order chi connectivity index (χ0) is 13.9. The van der Waals surface area contributed by atoms with Crippen molar-refractivity contribution in [2.24, 2.45) is 0 Å². The van der Waals surface area contributed by atoms with Crippen LogP contribution < -0.4 is 0 Å². The fourth-order valence-electron chi connectivity index (χ4n) is 2.03. The first-order valence-corrected chi connectivity index (χ1v) is 7.28. The number of imidazole rings is 1. The molecular weight excluding hydrogens is 272 g/mol. The van der Waals surface area contributed by atoms with Crippen LogP contribution in [0.25, 0.3) is 4.96 Å². The third-order valence-corrected chi connectivity index (χ3v) is 3.78. The van der Waals surface area contributed by atoms with Crippen LogP contribution in [0.5, 0.6) is 0 Å². The van der Waals surface area contributed by atoms with Crippen molar-refractivity contribution >= 4 is 22.2 Å². The third-order valence-electron chi connectivity index (χ3n) is 3.09. The van der Waals surface area contributed by atoms with Crippen LogP contribution in [0, 0.1) is 0 Å². The lowest BCUT2D eigenvalue weighted by Crippen LogP contribution is -2.30. The van der Waals surface area contributed by atoms with Gasteiger partial charge in [-0.2, -0.15) is 5.10 Å². The third kappa shape index (κ3) is 2.42. The van der Waals surface area contributed by atoms with Crippen molar-refractivity contribution in [3.63, 3.8) is 0 Å². The van der Waals surface area contributed by atoms with E-state index in [-0.39, 0.29) is 5.91 Å². The van der Waals surface area contributed by atoms with Crippen molar-refractivity contribution in [3.05, 3.63) is 53.3 Å². The van der Waals surface area contributed by atoms with Gasteiger partial charge in [0.1, 0.15) is 11.2 Å². The van der Waals surface area contributed by atoms with Crippen LogP contribution in [0.3, 0.4) is 0 Å². The summed E-state index contributed by atoms with van der Waals surface area (Å²) in [7, 11) is 0. The second-order valence-electron chi connectivity index (χ2n) is 4.40. The quantitative estimate of drug-likeness (QED) is 0.740. The SMILES string of the molecule is CCN(Cc1ccccc1)C(=O)c1cn2ncsc2n1. The molecule has 3 rings (SSSR count). The summed E-state index contributed by atoms with van der Waals surface area (Å²) in [6.45, 7) is 3.21. The predicted octanol–water partition coefficient (Wildman–Crippen LogP) is 2.45. The summed E-state index contributed by atoms with van der Waals surface area (Å²) in [4.78, 5) is 19.3. The van der Waals surface area contributed by atoms with Crippen LogP contribution in [0.1, 0.15) is 23.0 Å². The lowest BCUT2D eigenvalue weighted by atomic mass is 10.2. The largest absolute Gasteiger partial charge is 0.333 e. The van der Waals surface area contributed by atoms with Crippen molar-refractivity contribution < 1.29 is 4.79 Å². The molecule has 0 aliphatic carbocycles. The van der Waals surface area contributed by atoms with E-state index in [0.29, 0.717) is 18.8 Å². The first-order valence-electron chi connectivity index (χ1n) is 6.40. The maximum atomic E-state index is 12.5. The summed E-state index contributed by atoms with van der Waals surface area (Å²) in [5.41, 5.74) is 3.27. The first kappa shape index (κ1) is 12.8. The summed E-state index contributed by atoms with van der Waals surface area (Å²) in [6, 6.07) is 9.96. The molecule has 20 heavy (non-hydrogen) atoms. The van der Waals surface area contributed by atoms with Crippen molar-refractivity contribution in [1.29, 1.82) is 0 Å². The summed E-state index contributed by atoms with van der Waals surface area (Å²) in [5.74, 6) is -0.0611. The number of carbonyl (C=O) groups excluding carboxylic acids is 1. The number of rotatable bonds is 4. The van der Waals surface area contributed by atoms with E-state index >= 15 is 0 Å². The molecule has 0 atom stereocenters. The molecule has 0 saturated heterocycles. The van der Waals surface area contributed by atoms with E-state index in [1.807, 2.05) is 37.3 Å². The Kier molecular flexibility index (Phi) is 3.47. The van der Waals surface area contributed by atoms with Gasteiger partial charge in [0.2, 0.25) is 4.96 Å². The number of hydrogen-bond acceptors (Lipinski definition) is 4. The predicted molar refractivity (Wildman–Crippen MR) is 77.7 cm³/mol. The Morgan fingerprint density at radius 3 is 2.85 bits per heavy atom. The van der Waals surface area contributed by atoms with E-state index in [4.69, 9.17) is 0 Å². The molecule has 0 fully saturated rings. The monoisotopic (exact) mass is 286 g/mol. The van der Waals surface area contributed by atoms with Gasteiger partial charge in [-0.3, -0.25) is 4.79 Å². The van der Waals surface area contributed by atoms with Gasteiger partial charge in [0.25, 0.3) is 5.91 Å². The fraction of sp³-hybridized carbons (Fsp3) is 0.214. The first-order chi connectivity index (χ1) is 9.78. The molecule has 0 N–H and O–H groups in total. The van der Waals surface area contributed by atoms with Gasteiger partial charge in [-0.05, 0) is 12.5 Å². The summed E-state index contributed by atoms with van der Waals surface area (Å²) in [6.07, 6.45) is 1.68. The lowest BCUT2D eigenvalue weighted by Gasteiger charge is -2.19. The van der Waals surface area contributed by atoms with Gasteiger partial charge in [-0.15, -0.1) is 0 Å². The molecule has 0 spiro atoms. The smallest absolute Gasteiger partial charge is 0.274 e. The summed E-state index contributed by atoms with van der Waals surface area (Å²) in [5, 5.41) is 4.09. The molecule has 2 heterocycles. The molecule has 0 aliphatic rings. The Morgan fingerprint density at radius 2 is 2.15 bits per heavy atom. The fourth-order valence-corrected chi connectivity index (χ4v) is 2.64. The minimum absolute atomic E-state index is 0.0611. The minimum Gasteiger partial charge on any atom is -0.333 e. The Labute approximate surface area is 120 Å². The molecule has 1 amide bonds. The molecule has 1 aromatic carbocycles. The molecule has 0 bridgehead atoms. The lowest BCUT2D eigenvalue weighted by molar-refractivity contribution is 0.0747. The van der Waals surface area contributed by atoms with Crippen LogP contribution in [0.15, 0.2) is 42.0 Å². The van der Waals surface area contributed by atoms with Crippen molar-refractivity contribution in [3.8, 4) is 0 Å². The summed E-state index contributed by atoms with van der Waals surface area (Å²) >= 11 is 1.42. The number of nitrogens with zero attached hydrogens (tertiary/aromatic N) is 4. The molecule has 0 aliphatic heterocycles. The van der Waals surface area contributed by atoms with Gasteiger partial charge >= 0.3 is 0 Å². The van der Waals surface area contributed by atoms with Crippen molar-refractivity contribution in [2.75, 3.05) is 6.54 Å². The van der Waals surface area contributed by atoms with E-state index in [0.717, 1.165) is 10.5 Å². The molecule has 102 valence electrons. The van der Waals surface area contributed by atoms with E-state index < -0.39 is 0 Å². The second-order valence-corrected chi connectivity index (χ2v) is 5.21. The molecule has 3 aromatic rings. The van der Waals surface area contributed by atoms with Gasteiger partial charge in [0.15, 0.2) is 0 Å². The Balaban J connectivity index is 1.81. The highest BCUT2D eigenvalue weighted by Crippen LogP contribution is 2.12. The highest BCUT2D eigenvalue weighted by atomic mass is 32.1. The molecule has 0 saturated carbocycles. The number of fused-ring (bicyclic) bond motifs is 1. The standard InChI is InChI=1S/C14H14N4OS/c1-2-17(8-11-6-4-3-5-7-11)13(19)12-9-18-14(16-12)20-10-15-18/h3-7,9-10H,2,8H2,1H3. The van der Waals surface area contributed by atoms with Crippen LogP contribution in [0.4, 0.5) is 0 Å². The van der Waals surface area contributed by atoms with Gasteiger partial charge in [-0.25, -0.2) is 9.50 Å². The minimum atomic E-state index is -0.0611. The van der Waals surface area contributed by atoms with Crippen molar-refractivity contribution in [2.45, 2.75) is 13.5 Å². The number of aromatic nitrogens is 3. The summed E-state index contributed by atoms with van der Waals surface area (Å²) < 4.78 is 1.63. The van der Waals surface area contributed by atoms with Crippen molar-refractivity contribution in [1.82, 2.24) is 19.5 Å². The second kappa shape index (κ2) is 5.42. The van der Waals surface area contributed by atoms with Gasteiger partial charge in [-0.1, -0.05) is 41.7 Å². The molecule has 0 radical (unpaired) electrons. The van der Waals surface area contributed by atoms with E-state index in [9.17, 15) is 4.79 Å². The van der Waals surface area contributed by atoms with E-state index in [2.05, 4.69) is 10.1 Å². The van der Waals surface area contributed by atoms with Crippen LogP contribution >= 0.6 is 11.3 Å². The Bertz CT molecular complexity index is 690. The average Bonchev–Trinajstić information content (AvgIpc) is 3.06. The number of amides is 1. The average molecular weight is 286 g/mol. The maximum absolute atomic E-state index is 12.5. The van der Waals surface area contributed by atoms with Gasteiger partial charge in [0.05, 0.1) is 6.20 Å². The normalized spacial score (nSPS) is 10.8. The van der Waals surface area contributed by atoms with E-state index in [1.165, 1.54) is 11.3 Å². The van der Waals surface area contributed by atoms with Gasteiger partial charge < -0.3 is 4.90 Å². The Hall–Kier alpha value is -2.21. The molecular formula is C14H14N4OS. The molecule has 0 unspecified atom stereocenters. The molecule has 2 aromatic heterocycles. The highest BCUT2D eigenvalue weighted by molar-refractivity contribution is 7.14. The van der Waals surface area contributed by atoms with Crippen LogP contribution in [-0.2, 0) is 6.54 Å². The van der Waals surface area contributed by atoms with Crippen LogP contribution in [-0.4, -0.2) is 31.9 Å². The maximum Gasteiger partial charge on any atom is 0.274 e. The molecule has 6 heteroatoms. The van der Waals surface area contributed by atoms with Gasteiger partial charge in [0, 0.05) is 13.1 Å². The van der Waals surface area contributed by atoms with Crippen LogP contribution in [0.2, 0.25) is 0 Å². The molecule has 5 nitrogen and oxygen atoms in total.